The fourth-order valence-corrected chi connectivity index (χ4v) is 1.13. The molecule has 14 heavy (non-hydrogen) atoms. The molecule has 0 saturated heterocycles. The maximum atomic E-state index is 10.8. The van der Waals surface area contributed by atoms with Crippen LogP contribution in [0.25, 0.3) is 0 Å². The lowest BCUT2D eigenvalue weighted by Gasteiger charge is -2.18. The van der Waals surface area contributed by atoms with E-state index in [1.807, 2.05) is 0 Å². The van der Waals surface area contributed by atoms with E-state index in [9.17, 15) is 4.79 Å². The van der Waals surface area contributed by atoms with Crippen LogP contribution in [0.1, 0.15) is 36.8 Å². The van der Waals surface area contributed by atoms with Crippen LogP contribution in [0.2, 0.25) is 0 Å². The first-order chi connectivity index (χ1) is 6.49. The molecule has 3 nitrogen and oxygen atoms in total. The Kier molecular flexibility index (Phi) is 2.89. The van der Waals surface area contributed by atoms with Crippen molar-refractivity contribution in [2.45, 2.75) is 26.2 Å². The number of rotatable bonds is 2. The zero-order chi connectivity index (χ0) is 10.8. The molecule has 76 valence electrons. The van der Waals surface area contributed by atoms with Gasteiger partial charge in [-0.15, -0.1) is 0 Å². The van der Waals surface area contributed by atoms with Gasteiger partial charge in [-0.1, -0.05) is 20.8 Å². The number of aromatic nitrogens is 1. The highest BCUT2D eigenvalue weighted by atomic mass is 16.5. The predicted octanol–water partition coefficient (Wildman–Crippen LogP) is 2.20. The summed E-state index contributed by atoms with van der Waals surface area (Å²) in [7, 11) is 1.53. The zero-order valence-electron chi connectivity index (χ0n) is 9.00. The number of methoxy groups -OCH3 is 1. The van der Waals surface area contributed by atoms with Crippen LogP contribution in [0.15, 0.2) is 12.3 Å². The van der Waals surface area contributed by atoms with Crippen LogP contribution in [-0.2, 0) is 5.41 Å². The van der Waals surface area contributed by atoms with Gasteiger partial charge >= 0.3 is 0 Å². The number of carbonyl (C=O) groups excluding carboxylic acids is 1. The first-order valence-electron chi connectivity index (χ1n) is 4.48. The highest BCUT2D eigenvalue weighted by molar-refractivity contribution is 5.79. The monoisotopic (exact) mass is 193 g/mol. The Hall–Kier alpha value is -1.38. The van der Waals surface area contributed by atoms with Crippen LogP contribution in [0, 0.1) is 0 Å². The molecule has 0 amide bonds. The number of nitrogens with zero attached hydrogens (tertiary/aromatic N) is 1. The minimum absolute atomic E-state index is 0.0516. The summed E-state index contributed by atoms with van der Waals surface area (Å²) in [6, 6.07) is 1.77. The van der Waals surface area contributed by atoms with Gasteiger partial charge in [-0.3, -0.25) is 9.78 Å². The molecule has 1 rings (SSSR count). The first kappa shape index (κ1) is 10.7. The number of hydrogen-bond acceptors (Lipinski definition) is 3. The third kappa shape index (κ3) is 2.10. The number of hydrogen-bond donors (Lipinski definition) is 0. The molecule has 0 aromatic carbocycles. The summed E-state index contributed by atoms with van der Waals surface area (Å²) in [6.07, 6.45) is 2.38. The molecule has 0 spiro atoms. The van der Waals surface area contributed by atoms with E-state index in [4.69, 9.17) is 4.74 Å². The van der Waals surface area contributed by atoms with Crippen molar-refractivity contribution in [1.29, 1.82) is 0 Å². The Morgan fingerprint density at radius 3 is 2.50 bits per heavy atom. The summed E-state index contributed by atoms with van der Waals surface area (Å²) < 4.78 is 5.01. The quantitative estimate of drug-likeness (QED) is 0.676. The largest absolute Gasteiger partial charge is 0.494 e. The smallest absolute Gasteiger partial charge is 0.153 e. The third-order valence-electron chi connectivity index (χ3n) is 2.01. The molecule has 0 aliphatic heterocycles. The van der Waals surface area contributed by atoms with E-state index < -0.39 is 0 Å². The third-order valence-corrected chi connectivity index (χ3v) is 2.01. The topological polar surface area (TPSA) is 39.2 Å². The van der Waals surface area contributed by atoms with Gasteiger partial charge < -0.3 is 4.74 Å². The molecule has 0 atom stereocenters. The number of carbonyl (C=O) groups is 1. The number of pyridine rings is 1. The standard InChI is InChI=1S/C11H15NO2/c1-11(2,3)10-5-8(7-13)9(14-4)6-12-10/h5-7H,1-4H3. The van der Waals surface area contributed by atoms with E-state index in [1.165, 1.54) is 7.11 Å². The maximum absolute atomic E-state index is 10.8. The van der Waals surface area contributed by atoms with Gasteiger partial charge in [-0.2, -0.15) is 0 Å². The lowest BCUT2D eigenvalue weighted by Crippen LogP contribution is -2.14. The first-order valence-corrected chi connectivity index (χ1v) is 4.48. The predicted molar refractivity (Wildman–Crippen MR) is 54.9 cm³/mol. The molecule has 3 heteroatoms. The maximum Gasteiger partial charge on any atom is 0.153 e. The fourth-order valence-electron chi connectivity index (χ4n) is 1.13. The van der Waals surface area contributed by atoms with Crippen LogP contribution >= 0.6 is 0 Å². The van der Waals surface area contributed by atoms with Gasteiger partial charge in [0.05, 0.1) is 18.9 Å². The molecular formula is C11H15NO2. The summed E-state index contributed by atoms with van der Waals surface area (Å²) in [5.41, 5.74) is 1.39. The van der Waals surface area contributed by atoms with Crippen LogP contribution in [-0.4, -0.2) is 18.4 Å². The Morgan fingerprint density at radius 1 is 1.43 bits per heavy atom. The van der Waals surface area contributed by atoms with Gasteiger partial charge in [0.1, 0.15) is 5.75 Å². The number of aldehydes is 1. The number of ether oxygens (including phenoxy) is 1. The minimum atomic E-state index is -0.0516. The van der Waals surface area contributed by atoms with E-state index in [-0.39, 0.29) is 5.41 Å². The molecule has 1 heterocycles. The van der Waals surface area contributed by atoms with Crippen LogP contribution in [0.4, 0.5) is 0 Å². The molecule has 1 aromatic rings. The van der Waals surface area contributed by atoms with Crippen LogP contribution in [0.3, 0.4) is 0 Å². The fraction of sp³-hybridized carbons (Fsp3) is 0.455. The second kappa shape index (κ2) is 3.78. The summed E-state index contributed by atoms with van der Waals surface area (Å²) in [6.45, 7) is 6.16. The molecule has 0 fully saturated rings. The highest BCUT2D eigenvalue weighted by Gasteiger charge is 2.17. The summed E-state index contributed by atoms with van der Waals surface area (Å²) >= 11 is 0. The Labute approximate surface area is 84.1 Å². The van der Waals surface area contributed by atoms with E-state index in [2.05, 4.69) is 25.8 Å². The Balaban J connectivity index is 3.21. The summed E-state index contributed by atoms with van der Waals surface area (Å²) in [5, 5.41) is 0. The molecule has 0 bridgehead atoms. The molecule has 1 aromatic heterocycles. The van der Waals surface area contributed by atoms with Gasteiger partial charge in [0.25, 0.3) is 0 Å². The zero-order valence-corrected chi connectivity index (χ0v) is 9.00. The van der Waals surface area contributed by atoms with Crippen LogP contribution in [0.5, 0.6) is 5.75 Å². The molecular weight excluding hydrogens is 178 g/mol. The molecule has 0 aliphatic rings. The molecule has 0 N–H and O–H groups in total. The summed E-state index contributed by atoms with van der Waals surface area (Å²) in [4.78, 5) is 15.0. The van der Waals surface area contributed by atoms with Crippen molar-refractivity contribution >= 4 is 6.29 Å². The lowest BCUT2D eigenvalue weighted by atomic mass is 9.91. The second-order valence-electron chi connectivity index (χ2n) is 4.18. The Morgan fingerprint density at radius 2 is 2.07 bits per heavy atom. The van der Waals surface area contributed by atoms with Gasteiger partial charge in [-0.05, 0) is 6.07 Å². The van der Waals surface area contributed by atoms with Crippen molar-refractivity contribution in [2.75, 3.05) is 7.11 Å². The molecule has 0 aliphatic carbocycles. The Bertz CT molecular complexity index is 340. The van der Waals surface area contributed by atoms with Crippen molar-refractivity contribution in [3.63, 3.8) is 0 Å². The second-order valence-corrected chi connectivity index (χ2v) is 4.18. The minimum Gasteiger partial charge on any atom is -0.494 e. The van der Waals surface area contributed by atoms with Crippen LogP contribution < -0.4 is 4.74 Å². The van der Waals surface area contributed by atoms with E-state index in [0.29, 0.717) is 11.3 Å². The van der Waals surface area contributed by atoms with E-state index in [0.717, 1.165) is 12.0 Å². The molecule has 0 saturated carbocycles. The van der Waals surface area contributed by atoms with E-state index in [1.54, 1.807) is 12.3 Å². The average Bonchev–Trinajstić information content (AvgIpc) is 2.15. The molecule has 0 radical (unpaired) electrons. The van der Waals surface area contributed by atoms with Crippen molar-refractivity contribution in [3.8, 4) is 5.75 Å². The van der Waals surface area contributed by atoms with Crippen molar-refractivity contribution in [2.24, 2.45) is 0 Å². The molecule has 0 unspecified atom stereocenters. The lowest BCUT2D eigenvalue weighted by molar-refractivity contribution is 0.112. The van der Waals surface area contributed by atoms with Gasteiger partial charge in [0, 0.05) is 11.1 Å². The normalized spacial score (nSPS) is 11.1. The summed E-state index contributed by atoms with van der Waals surface area (Å²) in [5.74, 6) is 0.521. The van der Waals surface area contributed by atoms with Crippen molar-refractivity contribution < 1.29 is 9.53 Å². The van der Waals surface area contributed by atoms with Gasteiger partial charge in [0.2, 0.25) is 0 Å². The SMILES string of the molecule is COc1cnc(C(C)(C)C)cc1C=O. The van der Waals surface area contributed by atoms with E-state index >= 15 is 0 Å². The van der Waals surface area contributed by atoms with Gasteiger partial charge in [-0.25, -0.2) is 0 Å². The highest BCUT2D eigenvalue weighted by Crippen LogP contribution is 2.24. The average molecular weight is 193 g/mol. The van der Waals surface area contributed by atoms with Crippen molar-refractivity contribution in [1.82, 2.24) is 4.98 Å². The van der Waals surface area contributed by atoms with Crippen molar-refractivity contribution in [3.05, 3.63) is 23.5 Å². The van der Waals surface area contributed by atoms with Gasteiger partial charge in [0.15, 0.2) is 6.29 Å².